The number of piperazine rings is 1. The second kappa shape index (κ2) is 9.24. The van der Waals surface area contributed by atoms with Gasteiger partial charge in [0.25, 0.3) is 17.5 Å². The van der Waals surface area contributed by atoms with Crippen molar-refractivity contribution in [3.63, 3.8) is 0 Å². The van der Waals surface area contributed by atoms with Gasteiger partial charge in [0.05, 0.1) is 4.92 Å². The Hall–Kier alpha value is -3.33. The third-order valence-electron chi connectivity index (χ3n) is 4.80. The summed E-state index contributed by atoms with van der Waals surface area (Å²) in [4.78, 5) is 38.6. The minimum absolute atomic E-state index is 0.0472. The zero-order chi connectivity index (χ0) is 20.8. The lowest BCUT2D eigenvalue weighted by Gasteiger charge is -2.34. The second-order valence-electron chi connectivity index (χ2n) is 6.70. The Balaban J connectivity index is 1.42. The number of carbonyl (C=O) groups excluding carboxylic acids is 2. The molecule has 0 aromatic heterocycles. The number of benzene rings is 2. The van der Waals surface area contributed by atoms with Crippen LogP contribution in [0.5, 0.6) is 0 Å². The van der Waals surface area contributed by atoms with E-state index in [1.165, 1.54) is 48.5 Å². The maximum Gasteiger partial charge on any atom is 0.269 e. The van der Waals surface area contributed by atoms with Crippen molar-refractivity contribution < 1.29 is 18.9 Å². The van der Waals surface area contributed by atoms with Crippen LogP contribution in [0.2, 0.25) is 0 Å². The molecule has 9 heteroatoms. The molecule has 3 rings (SSSR count). The summed E-state index contributed by atoms with van der Waals surface area (Å²) in [5, 5.41) is 13.5. The number of hydrogen-bond donors (Lipinski definition) is 1. The Kier molecular flexibility index (Phi) is 6.50. The molecule has 2 aromatic carbocycles. The Labute approximate surface area is 167 Å². The summed E-state index contributed by atoms with van der Waals surface area (Å²) < 4.78 is 12.9. The van der Waals surface area contributed by atoms with Gasteiger partial charge in [0.15, 0.2) is 0 Å². The molecule has 2 aromatic rings. The SMILES string of the molecule is O=C(NCCN1CCN(C(=O)c2ccc([N+](=O)[O-])cc2)CC1)c1ccc(F)cc1. The molecule has 1 aliphatic rings. The largest absolute Gasteiger partial charge is 0.351 e. The maximum absolute atomic E-state index is 12.9. The topological polar surface area (TPSA) is 95.8 Å². The predicted octanol–water partition coefficient (Wildman–Crippen LogP) is 1.92. The molecule has 152 valence electrons. The van der Waals surface area contributed by atoms with E-state index in [-0.39, 0.29) is 23.3 Å². The Morgan fingerprint density at radius 1 is 0.966 bits per heavy atom. The van der Waals surface area contributed by atoms with Crippen molar-refractivity contribution in [1.29, 1.82) is 0 Å². The minimum Gasteiger partial charge on any atom is -0.351 e. The molecular formula is C20H21FN4O4. The van der Waals surface area contributed by atoms with E-state index in [0.29, 0.717) is 50.4 Å². The molecule has 8 nitrogen and oxygen atoms in total. The number of non-ortho nitro benzene ring substituents is 1. The summed E-state index contributed by atoms with van der Waals surface area (Å²) in [6, 6.07) is 11.0. The first kappa shape index (κ1) is 20.4. The van der Waals surface area contributed by atoms with Crippen LogP contribution in [0.1, 0.15) is 20.7 Å². The Morgan fingerprint density at radius 2 is 1.55 bits per heavy atom. The van der Waals surface area contributed by atoms with Crippen LogP contribution in [-0.2, 0) is 0 Å². The normalized spacial score (nSPS) is 14.4. The van der Waals surface area contributed by atoms with Crippen molar-refractivity contribution in [3.05, 3.63) is 75.6 Å². The van der Waals surface area contributed by atoms with E-state index in [1.807, 2.05) is 0 Å². The average molecular weight is 400 g/mol. The van der Waals surface area contributed by atoms with Gasteiger partial charge in [-0.1, -0.05) is 0 Å². The molecule has 0 radical (unpaired) electrons. The third kappa shape index (κ3) is 5.35. The van der Waals surface area contributed by atoms with E-state index >= 15 is 0 Å². The fourth-order valence-electron chi connectivity index (χ4n) is 3.11. The maximum atomic E-state index is 12.9. The zero-order valence-electron chi connectivity index (χ0n) is 15.7. The Morgan fingerprint density at radius 3 is 2.14 bits per heavy atom. The highest BCUT2D eigenvalue weighted by Crippen LogP contribution is 2.14. The van der Waals surface area contributed by atoms with Crippen LogP contribution >= 0.6 is 0 Å². The van der Waals surface area contributed by atoms with Crippen LogP contribution in [-0.4, -0.2) is 65.8 Å². The highest BCUT2D eigenvalue weighted by atomic mass is 19.1. The molecule has 0 saturated carbocycles. The first-order valence-corrected chi connectivity index (χ1v) is 9.24. The summed E-state index contributed by atoms with van der Waals surface area (Å²) in [6.45, 7) is 3.53. The number of amides is 2. The lowest BCUT2D eigenvalue weighted by molar-refractivity contribution is -0.384. The fourth-order valence-corrected chi connectivity index (χ4v) is 3.11. The third-order valence-corrected chi connectivity index (χ3v) is 4.80. The van der Waals surface area contributed by atoms with E-state index in [4.69, 9.17) is 0 Å². The first-order valence-electron chi connectivity index (χ1n) is 9.24. The molecule has 0 bridgehead atoms. The van der Waals surface area contributed by atoms with Gasteiger partial charge in [-0.15, -0.1) is 0 Å². The van der Waals surface area contributed by atoms with E-state index in [0.717, 1.165) is 0 Å². The standard InChI is InChI=1S/C20H21FN4O4/c21-17-5-1-15(2-6-17)19(26)22-9-10-23-11-13-24(14-12-23)20(27)16-3-7-18(8-4-16)25(28)29/h1-8H,9-14H2,(H,22,26). The molecule has 1 N–H and O–H groups in total. The number of nitrogens with zero attached hydrogens (tertiary/aromatic N) is 3. The summed E-state index contributed by atoms with van der Waals surface area (Å²) in [6.07, 6.45) is 0. The minimum atomic E-state index is -0.498. The molecule has 1 saturated heterocycles. The zero-order valence-corrected chi connectivity index (χ0v) is 15.7. The van der Waals surface area contributed by atoms with Crippen molar-refractivity contribution in [3.8, 4) is 0 Å². The molecule has 1 aliphatic heterocycles. The van der Waals surface area contributed by atoms with Gasteiger partial charge in [-0.2, -0.15) is 0 Å². The lowest BCUT2D eigenvalue weighted by atomic mass is 10.1. The van der Waals surface area contributed by atoms with Gasteiger partial charge in [-0.05, 0) is 36.4 Å². The Bertz CT molecular complexity index is 878. The van der Waals surface area contributed by atoms with E-state index < -0.39 is 4.92 Å². The number of halogens is 1. The van der Waals surface area contributed by atoms with E-state index in [2.05, 4.69) is 10.2 Å². The highest BCUT2D eigenvalue weighted by Gasteiger charge is 2.22. The van der Waals surface area contributed by atoms with Crippen molar-refractivity contribution in [2.24, 2.45) is 0 Å². The monoisotopic (exact) mass is 400 g/mol. The second-order valence-corrected chi connectivity index (χ2v) is 6.70. The van der Waals surface area contributed by atoms with Crippen LogP contribution < -0.4 is 5.32 Å². The predicted molar refractivity (Wildman–Crippen MR) is 104 cm³/mol. The number of nitrogens with one attached hydrogen (secondary N) is 1. The average Bonchev–Trinajstić information content (AvgIpc) is 2.74. The van der Waals surface area contributed by atoms with Crippen molar-refractivity contribution in [2.75, 3.05) is 39.3 Å². The van der Waals surface area contributed by atoms with Gasteiger partial charge in [0.2, 0.25) is 0 Å². The summed E-state index contributed by atoms with van der Waals surface area (Å²) >= 11 is 0. The molecule has 1 fully saturated rings. The molecule has 0 atom stereocenters. The molecular weight excluding hydrogens is 379 g/mol. The van der Waals surface area contributed by atoms with Gasteiger partial charge in [0.1, 0.15) is 5.82 Å². The fraction of sp³-hybridized carbons (Fsp3) is 0.300. The van der Waals surface area contributed by atoms with Gasteiger partial charge in [0, 0.05) is 62.5 Å². The van der Waals surface area contributed by atoms with E-state index in [1.54, 1.807) is 4.90 Å². The number of nitro groups is 1. The van der Waals surface area contributed by atoms with Crippen LogP contribution in [0.3, 0.4) is 0 Å². The summed E-state index contributed by atoms with van der Waals surface area (Å²) in [5.41, 5.74) is 0.787. The molecule has 2 amide bonds. The number of carbonyl (C=O) groups is 2. The van der Waals surface area contributed by atoms with Crippen LogP contribution in [0, 0.1) is 15.9 Å². The molecule has 0 spiro atoms. The molecule has 1 heterocycles. The van der Waals surface area contributed by atoms with Crippen molar-refractivity contribution >= 4 is 17.5 Å². The van der Waals surface area contributed by atoms with Crippen LogP contribution in [0.15, 0.2) is 48.5 Å². The molecule has 29 heavy (non-hydrogen) atoms. The van der Waals surface area contributed by atoms with Gasteiger partial charge >= 0.3 is 0 Å². The summed E-state index contributed by atoms with van der Waals surface area (Å²) in [5.74, 6) is -0.788. The van der Waals surface area contributed by atoms with Gasteiger partial charge in [-0.3, -0.25) is 24.6 Å². The van der Waals surface area contributed by atoms with Crippen LogP contribution in [0.4, 0.5) is 10.1 Å². The van der Waals surface area contributed by atoms with E-state index in [9.17, 15) is 24.1 Å². The summed E-state index contributed by atoms with van der Waals surface area (Å²) in [7, 11) is 0. The van der Waals surface area contributed by atoms with Gasteiger partial charge in [-0.25, -0.2) is 4.39 Å². The van der Waals surface area contributed by atoms with Crippen LogP contribution in [0.25, 0.3) is 0 Å². The number of rotatable bonds is 6. The van der Waals surface area contributed by atoms with Crippen molar-refractivity contribution in [1.82, 2.24) is 15.1 Å². The molecule has 0 unspecified atom stereocenters. The number of nitro benzene ring substituents is 1. The van der Waals surface area contributed by atoms with Crippen molar-refractivity contribution in [2.45, 2.75) is 0 Å². The smallest absolute Gasteiger partial charge is 0.269 e. The lowest BCUT2D eigenvalue weighted by Crippen LogP contribution is -2.50. The number of hydrogen-bond acceptors (Lipinski definition) is 5. The van der Waals surface area contributed by atoms with Gasteiger partial charge < -0.3 is 10.2 Å². The highest BCUT2D eigenvalue weighted by molar-refractivity contribution is 5.94. The molecule has 0 aliphatic carbocycles. The first-order chi connectivity index (χ1) is 13.9. The quantitative estimate of drug-likeness (QED) is 0.590.